The topological polar surface area (TPSA) is 38.3 Å². The van der Waals surface area contributed by atoms with E-state index in [-0.39, 0.29) is 12.1 Å². The Morgan fingerprint density at radius 3 is 2.50 bits per heavy atom. The molecule has 0 aromatic heterocycles. The van der Waals surface area contributed by atoms with Crippen molar-refractivity contribution in [3.05, 3.63) is 42.0 Å². The lowest BCUT2D eigenvalue weighted by Crippen LogP contribution is -2.39. The Balaban J connectivity index is 1.88. The van der Waals surface area contributed by atoms with Gasteiger partial charge in [-0.25, -0.2) is 4.79 Å². The number of hydrogen-bond acceptors (Lipinski definition) is 2. The molecule has 1 aromatic rings. The number of ether oxygens (including phenoxy) is 1. The molecule has 1 N–H and O–H groups in total. The number of carbonyl (C=O) groups excluding carboxylic acids is 1. The van der Waals surface area contributed by atoms with Crippen molar-refractivity contribution >= 4 is 11.7 Å². The molecule has 2 rings (SSSR count). The normalized spacial score (nSPS) is 19.1. The molecule has 0 spiro atoms. The van der Waals surface area contributed by atoms with Crippen LogP contribution in [0.1, 0.15) is 45.6 Å². The van der Waals surface area contributed by atoms with E-state index in [9.17, 15) is 4.79 Å². The standard InChI is InChI=1S/C17H23NO2/c1-17(2,3)20-16(19)18-15-11-9-14(10-12-15)13-7-5-4-6-8-13/h4-9,15H,10-12H2,1-3H3,(H,18,19). The Hall–Kier alpha value is -1.77. The van der Waals surface area contributed by atoms with Crippen LogP contribution in [0, 0.1) is 0 Å². The smallest absolute Gasteiger partial charge is 0.407 e. The SMILES string of the molecule is CC(C)(C)OC(=O)NC1CC=C(c2ccccc2)CC1. The zero-order valence-electron chi connectivity index (χ0n) is 12.5. The van der Waals surface area contributed by atoms with Crippen LogP contribution in [0.5, 0.6) is 0 Å². The summed E-state index contributed by atoms with van der Waals surface area (Å²) >= 11 is 0. The monoisotopic (exact) mass is 273 g/mol. The second kappa shape index (κ2) is 6.12. The van der Waals surface area contributed by atoms with Gasteiger partial charge in [0.2, 0.25) is 0 Å². The van der Waals surface area contributed by atoms with Gasteiger partial charge < -0.3 is 10.1 Å². The van der Waals surface area contributed by atoms with Crippen LogP contribution >= 0.6 is 0 Å². The summed E-state index contributed by atoms with van der Waals surface area (Å²) in [5, 5.41) is 2.94. The number of amides is 1. The van der Waals surface area contributed by atoms with Crippen LogP contribution in [-0.2, 0) is 4.74 Å². The predicted molar refractivity (Wildman–Crippen MR) is 81.4 cm³/mol. The van der Waals surface area contributed by atoms with Crippen LogP contribution < -0.4 is 5.32 Å². The van der Waals surface area contributed by atoms with Gasteiger partial charge in [-0.15, -0.1) is 0 Å². The number of benzene rings is 1. The Morgan fingerprint density at radius 1 is 1.25 bits per heavy atom. The number of allylic oxidation sites excluding steroid dienone is 1. The first kappa shape index (κ1) is 14.6. The van der Waals surface area contributed by atoms with Gasteiger partial charge in [0.05, 0.1) is 0 Å². The highest BCUT2D eigenvalue weighted by Crippen LogP contribution is 2.26. The quantitative estimate of drug-likeness (QED) is 0.879. The third-order valence-corrected chi connectivity index (χ3v) is 3.28. The van der Waals surface area contributed by atoms with Crippen LogP contribution in [0.2, 0.25) is 0 Å². The number of alkyl carbamates (subject to hydrolysis) is 1. The maximum Gasteiger partial charge on any atom is 0.407 e. The maximum atomic E-state index is 11.7. The van der Waals surface area contributed by atoms with Crippen LogP contribution in [0.25, 0.3) is 5.57 Å². The van der Waals surface area contributed by atoms with Gasteiger partial charge in [-0.1, -0.05) is 36.4 Å². The zero-order chi connectivity index (χ0) is 14.6. The molecule has 108 valence electrons. The van der Waals surface area contributed by atoms with E-state index in [1.54, 1.807) is 0 Å². The van der Waals surface area contributed by atoms with Gasteiger partial charge in [0.25, 0.3) is 0 Å². The Bertz CT molecular complexity index is 485. The maximum absolute atomic E-state index is 11.7. The summed E-state index contributed by atoms with van der Waals surface area (Å²) in [6.45, 7) is 5.63. The van der Waals surface area contributed by atoms with E-state index in [0.29, 0.717) is 0 Å². The van der Waals surface area contributed by atoms with Crippen molar-refractivity contribution in [1.29, 1.82) is 0 Å². The number of hydrogen-bond donors (Lipinski definition) is 1. The number of nitrogens with one attached hydrogen (secondary N) is 1. The summed E-state index contributed by atoms with van der Waals surface area (Å²) in [6, 6.07) is 10.6. The molecule has 0 heterocycles. The molecule has 3 heteroatoms. The molecule has 0 saturated heterocycles. The fourth-order valence-electron chi connectivity index (χ4n) is 2.35. The largest absolute Gasteiger partial charge is 0.444 e. The van der Waals surface area contributed by atoms with E-state index < -0.39 is 5.60 Å². The summed E-state index contributed by atoms with van der Waals surface area (Å²) in [7, 11) is 0. The van der Waals surface area contributed by atoms with Crippen molar-refractivity contribution in [1.82, 2.24) is 5.32 Å². The summed E-state index contributed by atoms with van der Waals surface area (Å²) in [5.41, 5.74) is 2.21. The minimum Gasteiger partial charge on any atom is -0.444 e. The average Bonchev–Trinajstić information content (AvgIpc) is 2.38. The lowest BCUT2D eigenvalue weighted by molar-refractivity contribution is 0.0502. The second-order valence-corrected chi connectivity index (χ2v) is 6.21. The van der Waals surface area contributed by atoms with Crippen LogP contribution in [0.4, 0.5) is 4.79 Å². The second-order valence-electron chi connectivity index (χ2n) is 6.21. The van der Waals surface area contributed by atoms with E-state index in [1.165, 1.54) is 11.1 Å². The molecular formula is C17H23NO2. The predicted octanol–water partition coefficient (Wildman–Crippen LogP) is 4.15. The van der Waals surface area contributed by atoms with Crippen LogP contribution in [0.3, 0.4) is 0 Å². The lowest BCUT2D eigenvalue weighted by atomic mass is 9.91. The molecule has 1 amide bonds. The van der Waals surface area contributed by atoms with Gasteiger partial charge in [0.15, 0.2) is 0 Å². The highest BCUT2D eigenvalue weighted by molar-refractivity contribution is 5.69. The molecule has 0 saturated carbocycles. The summed E-state index contributed by atoms with van der Waals surface area (Å²) < 4.78 is 5.28. The molecular weight excluding hydrogens is 250 g/mol. The van der Waals surface area contributed by atoms with Crippen molar-refractivity contribution in [2.24, 2.45) is 0 Å². The fourth-order valence-corrected chi connectivity index (χ4v) is 2.35. The first-order valence-corrected chi connectivity index (χ1v) is 7.18. The van der Waals surface area contributed by atoms with Crippen LogP contribution in [0.15, 0.2) is 36.4 Å². The van der Waals surface area contributed by atoms with Gasteiger partial charge in [0, 0.05) is 6.04 Å². The van der Waals surface area contributed by atoms with E-state index in [2.05, 4.69) is 35.7 Å². The average molecular weight is 273 g/mol. The van der Waals surface area contributed by atoms with Crippen LogP contribution in [-0.4, -0.2) is 17.7 Å². The van der Waals surface area contributed by atoms with E-state index >= 15 is 0 Å². The third-order valence-electron chi connectivity index (χ3n) is 3.28. The van der Waals surface area contributed by atoms with E-state index in [4.69, 9.17) is 4.74 Å². The summed E-state index contributed by atoms with van der Waals surface area (Å²) in [6.07, 6.45) is 4.72. The summed E-state index contributed by atoms with van der Waals surface area (Å²) in [4.78, 5) is 11.7. The highest BCUT2D eigenvalue weighted by atomic mass is 16.6. The lowest BCUT2D eigenvalue weighted by Gasteiger charge is -2.26. The van der Waals surface area contributed by atoms with Crippen molar-refractivity contribution in [3.8, 4) is 0 Å². The Kier molecular flexibility index (Phi) is 4.48. The Labute approximate surface area is 121 Å². The van der Waals surface area contributed by atoms with Gasteiger partial charge in [-0.2, -0.15) is 0 Å². The molecule has 1 aliphatic rings. The van der Waals surface area contributed by atoms with Gasteiger partial charge in [-0.3, -0.25) is 0 Å². The van der Waals surface area contributed by atoms with Gasteiger partial charge >= 0.3 is 6.09 Å². The first-order valence-electron chi connectivity index (χ1n) is 7.18. The van der Waals surface area contributed by atoms with Crippen molar-refractivity contribution in [3.63, 3.8) is 0 Å². The zero-order valence-corrected chi connectivity index (χ0v) is 12.5. The molecule has 1 atom stereocenters. The minimum absolute atomic E-state index is 0.178. The molecule has 1 aliphatic carbocycles. The molecule has 0 aliphatic heterocycles. The van der Waals surface area contributed by atoms with Gasteiger partial charge in [0.1, 0.15) is 5.60 Å². The highest BCUT2D eigenvalue weighted by Gasteiger charge is 2.21. The van der Waals surface area contributed by atoms with Crippen molar-refractivity contribution in [2.75, 3.05) is 0 Å². The summed E-state index contributed by atoms with van der Waals surface area (Å²) in [5.74, 6) is 0. The molecule has 1 aromatic carbocycles. The van der Waals surface area contributed by atoms with Crippen molar-refractivity contribution < 1.29 is 9.53 Å². The number of carbonyl (C=O) groups is 1. The molecule has 3 nitrogen and oxygen atoms in total. The van der Waals surface area contributed by atoms with Crippen molar-refractivity contribution in [2.45, 2.75) is 51.7 Å². The number of rotatable bonds is 2. The first-order chi connectivity index (χ1) is 9.44. The molecule has 0 fully saturated rings. The minimum atomic E-state index is -0.441. The molecule has 1 unspecified atom stereocenters. The molecule has 0 bridgehead atoms. The molecule has 20 heavy (non-hydrogen) atoms. The molecule has 0 radical (unpaired) electrons. The van der Waals surface area contributed by atoms with E-state index in [1.807, 2.05) is 26.8 Å². The van der Waals surface area contributed by atoms with Gasteiger partial charge in [-0.05, 0) is 51.2 Å². The van der Waals surface area contributed by atoms with E-state index in [0.717, 1.165) is 19.3 Å². The fraction of sp³-hybridized carbons (Fsp3) is 0.471. The Morgan fingerprint density at radius 2 is 1.95 bits per heavy atom. The third kappa shape index (κ3) is 4.41.